The van der Waals surface area contributed by atoms with Gasteiger partial charge >= 0.3 is 5.97 Å². The Labute approximate surface area is 208 Å². The molecule has 9 nitrogen and oxygen atoms in total. The lowest BCUT2D eigenvalue weighted by molar-refractivity contribution is -0.141. The number of carbonyl (C=O) groups excluding carboxylic acids is 2. The Kier molecular flexibility index (Phi) is 6.05. The first-order valence-electron chi connectivity index (χ1n) is 11.8. The molecule has 0 saturated heterocycles. The van der Waals surface area contributed by atoms with Crippen molar-refractivity contribution in [2.45, 2.75) is 46.1 Å². The first kappa shape index (κ1) is 24.0. The molecule has 0 aromatic heterocycles. The number of esters is 1. The monoisotopic (exact) mass is 492 g/mol. The number of Topliss-reactive ketones (excluding diaryl/α,β-unsaturated/α-hetero) is 1. The molecule has 2 N–H and O–H groups in total. The van der Waals surface area contributed by atoms with Crippen LogP contribution in [0, 0.1) is 11.3 Å². The van der Waals surface area contributed by atoms with E-state index in [2.05, 4.69) is 0 Å². The van der Waals surface area contributed by atoms with Crippen LogP contribution >= 0.6 is 0 Å². The Bertz CT molecular complexity index is 1280. The van der Waals surface area contributed by atoms with E-state index in [4.69, 9.17) is 19.2 Å². The molecule has 0 spiro atoms. The van der Waals surface area contributed by atoms with Crippen LogP contribution in [0.25, 0.3) is 0 Å². The van der Waals surface area contributed by atoms with E-state index in [1.54, 1.807) is 13.0 Å². The van der Waals surface area contributed by atoms with E-state index in [1.165, 1.54) is 6.07 Å². The normalized spacial score (nSPS) is 22.1. The molecule has 2 unspecified atom stereocenters. The molecule has 2 aromatic carbocycles. The first-order valence-corrected chi connectivity index (χ1v) is 11.8. The van der Waals surface area contributed by atoms with Gasteiger partial charge in [0.1, 0.15) is 18.1 Å². The quantitative estimate of drug-likeness (QED) is 0.461. The van der Waals surface area contributed by atoms with E-state index in [0.717, 1.165) is 5.56 Å². The number of anilines is 1. The van der Waals surface area contributed by atoms with Gasteiger partial charge in [-0.1, -0.05) is 44.2 Å². The minimum Gasteiger partial charge on any atom is -0.457 e. The summed E-state index contributed by atoms with van der Waals surface area (Å²) in [7, 11) is 0. The molecule has 5 rings (SSSR count). The van der Waals surface area contributed by atoms with Crippen molar-refractivity contribution < 1.29 is 34.2 Å². The van der Waals surface area contributed by atoms with Gasteiger partial charge in [0, 0.05) is 29.8 Å². The fraction of sp³-hybridized carbons (Fsp3) is 0.370. The Morgan fingerprint density at radius 3 is 2.50 bits per heavy atom. The third-order valence-electron chi connectivity index (χ3n) is 6.87. The fourth-order valence-electron chi connectivity index (χ4n) is 5.36. The smallest absolute Gasteiger partial charge is 0.336 e. The average Bonchev–Trinajstić information content (AvgIpc) is 3.28. The topological polar surface area (TPSA) is 118 Å². The first-order chi connectivity index (χ1) is 17.1. The Morgan fingerprint density at radius 2 is 1.81 bits per heavy atom. The largest absolute Gasteiger partial charge is 0.457 e. The number of aliphatic imine (C=N–C) groups is 1. The number of ketones is 1. The van der Waals surface area contributed by atoms with Gasteiger partial charge in [-0.15, -0.1) is 5.23 Å². The summed E-state index contributed by atoms with van der Waals surface area (Å²) in [6, 6.07) is 12.3. The second-order valence-electron chi connectivity index (χ2n) is 10.2. The van der Waals surface area contributed by atoms with Crippen LogP contribution in [0.5, 0.6) is 11.5 Å². The molecule has 0 amide bonds. The molecule has 2 aromatic rings. The molecule has 2 heterocycles. The van der Waals surface area contributed by atoms with E-state index in [9.17, 15) is 20.0 Å². The third-order valence-corrected chi connectivity index (χ3v) is 6.87. The Balaban J connectivity index is 1.63. The highest BCUT2D eigenvalue weighted by atomic mass is 16.8. The van der Waals surface area contributed by atoms with Crippen molar-refractivity contribution in [3.05, 3.63) is 64.9 Å². The highest BCUT2D eigenvalue weighted by molar-refractivity contribution is 6.12. The zero-order valence-electron chi connectivity index (χ0n) is 20.4. The van der Waals surface area contributed by atoms with Gasteiger partial charge in [0.15, 0.2) is 11.5 Å². The maximum absolute atomic E-state index is 13.5. The summed E-state index contributed by atoms with van der Waals surface area (Å²) in [5.74, 6) is -1.57. The Morgan fingerprint density at radius 1 is 1.11 bits per heavy atom. The zero-order chi connectivity index (χ0) is 25.6. The number of fused-ring (bicyclic) bond motifs is 2. The maximum Gasteiger partial charge on any atom is 0.336 e. The van der Waals surface area contributed by atoms with Crippen molar-refractivity contribution >= 4 is 23.2 Å². The van der Waals surface area contributed by atoms with Crippen LogP contribution < -0.4 is 14.7 Å². The number of benzene rings is 2. The Hall–Kier alpha value is -3.69. The van der Waals surface area contributed by atoms with E-state index in [1.807, 2.05) is 44.2 Å². The van der Waals surface area contributed by atoms with Gasteiger partial charge < -0.3 is 14.2 Å². The summed E-state index contributed by atoms with van der Waals surface area (Å²) in [6.45, 7) is 5.76. The summed E-state index contributed by atoms with van der Waals surface area (Å²) < 4.78 is 16.6. The van der Waals surface area contributed by atoms with E-state index in [0.29, 0.717) is 41.3 Å². The molecule has 1 aliphatic carbocycles. The number of hydrogen-bond acceptors (Lipinski definition) is 9. The van der Waals surface area contributed by atoms with Crippen LogP contribution in [0.2, 0.25) is 0 Å². The zero-order valence-corrected chi connectivity index (χ0v) is 20.4. The van der Waals surface area contributed by atoms with Gasteiger partial charge in [0.05, 0.1) is 11.5 Å². The van der Waals surface area contributed by atoms with E-state index >= 15 is 0 Å². The molecule has 3 aliphatic rings. The summed E-state index contributed by atoms with van der Waals surface area (Å²) in [6.07, 6.45) is 0.881. The molecule has 1 fully saturated rings. The predicted molar refractivity (Wildman–Crippen MR) is 129 cm³/mol. The number of allylic oxidation sites excluding steroid dienone is 1. The summed E-state index contributed by atoms with van der Waals surface area (Å²) in [4.78, 5) is 31.8. The van der Waals surface area contributed by atoms with Crippen molar-refractivity contribution in [2.24, 2.45) is 16.3 Å². The lowest BCUT2D eigenvalue weighted by atomic mass is 9.63. The summed E-state index contributed by atoms with van der Waals surface area (Å²) >= 11 is 0. The van der Waals surface area contributed by atoms with Gasteiger partial charge in [-0.25, -0.2) is 4.79 Å². The summed E-state index contributed by atoms with van der Waals surface area (Å²) in [5, 5.41) is 20.2. The van der Waals surface area contributed by atoms with Crippen LogP contribution in [0.3, 0.4) is 0 Å². The molecule has 0 radical (unpaired) electrons. The molecule has 2 atom stereocenters. The summed E-state index contributed by atoms with van der Waals surface area (Å²) in [5.41, 5.74) is 2.15. The molecule has 9 heteroatoms. The standard InChI is InChI=1S/C27H28N2O7/c1-15-23(26(31)34-13-16-7-5-4-6-8-16)24(25-18(28-15)11-27(2,3)12-20(25)30)17-9-21-22(36-14-35-21)10-19(17)29(32)33/h4-10,24-25,32-33H,11-14H2,1-3H3. The number of hydrogen-bond donors (Lipinski definition) is 2. The van der Waals surface area contributed by atoms with Crippen LogP contribution in [0.4, 0.5) is 5.69 Å². The number of carbonyl (C=O) groups is 2. The van der Waals surface area contributed by atoms with Crippen molar-refractivity contribution in [3.63, 3.8) is 0 Å². The molecule has 188 valence electrons. The van der Waals surface area contributed by atoms with Gasteiger partial charge in [-0.2, -0.15) is 0 Å². The fourth-order valence-corrected chi connectivity index (χ4v) is 5.36. The van der Waals surface area contributed by atoms with Crippen LogP contribution in [0.1, 0.15) is 50.7 Å². The van der Waals surface area contributed by atoms with E-state index in [-0.39, 0.29) is 41.1 Å². The molecule has 1 saturated carbocycles. The van der Waals surface area contributed by atoms with Crippen LogP contribution in [-0.2, 0) is 20.9 Å². The molecule has 0 bridgehead atoms. The number of rotatable bonds is 5. The van der Waals surface area contributed by atoms with Gasteiger partial charge in [-0.05, 0) is 36.0 Å². The SMILES string of the molecule is CC1=C(C(=O)OCc2ccccc2)C(c2cc3c(cc2N(O)O)OCO3)C2C(=O)CC(C)(C)CC2=N1. The number of ether oxygens (including phenoxy) is 3. The lowest BCUT2D eigenvalue weighted by Gasteiger charge is -2.41. The predicted octanol–water partition coefficient (Wildman–Crippen LogP) is 4.56. The van der Waals surface area contributed by atoms with Gasteiger partial charge in [0.25, 0.3) is 0 Å². The molecule has 2 aliphatic heterocycles. The molecular weight excluding hydrogens is 464 g/mol. The third kappa shape index (κ3) is 4.36. The highest BCUT2D eigenvalue weighted by Gasteiger charge is 2.49. The minimum absolute atomic E-state index is 0.0238. The lowest BCUT2D eigenvalue weighted by Crippen LogP contribution is -2.44. The number of nitrogens with zero attached hydrogens (tertiary/aromatic N) is 2. The molecular formula is C27H28N2O7. The minimum atomic E-state index is -0.851. The van der Waals surface area contributed by atoms with Crippen molar-refractivity contribution in [1.29, 1.82) is 0 Å². The highest BCUT2D eigenvalue weighted by Crippen LogP contribution is 2.51. The van der Waals surface area contributed by atoms with Crippen LogP contribution in [0.15, 0.2) is 58.7 Å². The van der Waals surface area contributed by atoms with E-state index < -0.39 is 17.8 Å². The van der Waals surface area contributed by atoms with Crippen molar-refractivity contribution in [2.75, 3.05) is 12.0 Å². The van der Waals surface area contributed by atoms with Gasteiger partial charge in [0.2, 0.25) is 6.79 Å². The second-order valence-corrected chi connectivity index (χ2v) is 10.2. The van der Waals surface area contributed by atoms with Crippen molar-refractivity contribution in [3.8, 4) is 11.5 Å². The average molecular weight is 493 g/mol. The maximum atomic E-state index is 13.5. The molecule has 36 heavy (non-hydrogen) atoms. The second kappa shape index (κ2) is 9.07. The van der Waals surface area contributed by atoms with Crippen molar-refractivity contribution in [1.82, 2.24) is 0 Å². The van der Waals surface area contributed by atoms with Gasteiger partial charge in [-0.3, -0.25) is 20.2 Å². The van der Waals surface area contributed by atoms with Crippen LogP contribution in [-0.4, -0.2) is 34.7 Å².